The van der Waals surface area contributed by atoms with Crippen molar-refractivity contribution in [3.05, 3.63) is 29.3 Å². The third-order valence-electron chi connectivity index (χ3n) is 4.94. The number of fused-ring (bicyclic) bond motifs is 1. The molecule has 0 saturated carbocycles. The van der Waals surface area contributed by atoms with Crippen LogP contribution < -0.4 is 4.90 Å². The van der Waals surface area contributed by atoms with E-state index in [-0.39, 0.29) is 0 Å². The van der Waals surface area contributed by atoms with Gasteiger partial charge in [0.25, 0.3) is 0 Å². The normalized spacial score (nSPS) is 26.5. The van der Waals surface area contributed by atoms with Crippen molar-refractivity contribution in [2.45, 2.75) is 45.2 Å². The minimum Gasteiger partial charge on any atom is -0.478 e. The number of rotatable bonds is 2. The molecule has 2 aliphatic heterocycles. The van der Waals surface area contributed by atoms with Crippen molar-refractivity contribution in [2.75, 3.05) is 24.5 Å². The molecule has 1 aromatic carbocycles. The quantitative estimate of drug-likeness (QED) is 0.909. The summed E-state index contributed by atoms with van der Waals surface area (Å²) in [6.07, 6.45) is 3.83. The topological polar surface area (TPSA) is 43.8 Å². The lowest BCUT2D eigenvalue weighted by Crippen LogP contribution is -2.59. The van der Waals surface area contributed by atoms with Crippen LogP contribution in [0.15, 0.2) is 18.2 Å². The first-order valence-corrected chi connectivity index (χ1v) is 7.91. The molecule has 0 spiro atoms. The van der Waals surface area contributed by atoms with Gasteiger partial charge in [0.05, 0.1) is 11.3 Å². The lowest BCUT2D eigenvalue weighted by Gasteiger charge is -2.49. The first-order chi connectivity index (χ1) is 10.1. The molecule has 114 valence electrons. The fourth-order valence-electron chi connectivity index (χ4n) is 3.88. The Kier molecular flexibility index (Phi) is 3.89. The van der Waals surface area contributed by atoms with E-state index in [1.54, 1.807) is 6.07 Å². The molecule has 0 aliphatic carbocycles. The lowest BCUT2D eigenvalue weighted by molar-refractivity contribution is 0.0696. The van der Waals surface area contributed by atoms with Gasteiger partial charge in [0.1, 0.15) is 0 Å². The van der Waals surface area contributed by atoms with Crippen LogP contribution in [0.4, 0.5) is 5.69 Å². The molecule has 1 N–H and O–H groups in total. The van der Waals surface area contributed by atoms with E-state index in [0.29, 0.717) is 17.6 Å². The molecule has 2 unspecified atom stereocenters. The highest BCUT2D eigenvalue weighted by Crippen LogP contribution is 2.32. The molecular weight excluding hydrogens is 264 g/mol. The van der Waals surface area contributed by atoms with Gasteiger partial charge in [-0.05, 0) is 44.9 Å². The zero-order chi connectivity index (χ0) is 15.0. The predicted octanol–water partition coefficient (Wildman–Crippen LogP) is 2.76. The number of para-hydroxylation sites is 1. The lowest BCUT2D eigenvalue weighted by atomic mass is 9.95. The zero-order valence-electron chi connectivity index (χ0n) is 12.9. The van der Waals surface area contributed by atoms with Crippen LogP contribution in [-0.4, -0.2) is 47.7 Å². The standard InChI is InChI=1S/C17H24N2O2/c1-12-6-5-8-15(17(20)21)16(12)19-11-14-7-3-4-9-18(14)10-13(19)2/h5-6,8,13-14H,3-4,7,9-11H2,1-2H3,(H,20,21). The highest BCUT2D eigenvalue weighted by molar-refractivity contribution is 5.95. The van der Waals surface area contributed by atoms with Crippen molar-refractivity contribution >= 4 is 11.7 Å². The van der Waals surface area contributed by atoms with E-state index in [1.165, 1.54) is 25.8 Å². The maximum absolute atomic E-state index is 11.6. The molecule has 2 saturated heterocycles. The van der Waals surface area contributed by atoms with Crippen molar-refractivity contribution in [1.82, 2.24) is 4.90 Å². The van der Waals surface area contributed by atoms with E-state index in [2.05, 4.69) is 16.7 Å². The number of carboxylic acid groups (broad SMARTS) is 1. The fourth-order valence-corrected chi connectivity index (χ4v) is 3.88. The van der Waals surface area contributed by atoms with Crippen LogP contribution in [0.3, 0.4) is 0 Å². The Morgan fingerprint density at radius 1 is 1.29 bits per heavy atom. The van der Waals surface area contributed by atoms with Crippen LogP contribution in [0.5, 0.6) is 0 Å². The van der Waals surface area contributed by atoms with E-state index in [1.807, 2.05) is 19.1 Å². The molecule has 0 aromatic heterocycles. The van der Waals surface area contributed by atoms with E-state index < -0.39 is 5.97 Å². The molecular formula is C17H24N2O2. The summed E-state index contributed by atoms with van der Waals surface area (Å²) in [6, 6.07) is 6.52. The Morgan fingerprint density at radius 2 is 2.10 bits per heavy atom. The van der Waals surface area contributed by atoms with Gasteiger partial charge in [0, 0.05) is 25.2 Å². The predicted molar refractivity (Wildman–Crippen MR) is 84.2 cm³/mol. The van der Waals surface area contributed by atoms with Gasteiger partial charge in [0.15, 0.2) is 0 Å². The monoisotopic (exact) mass is 288 g/mol. The number of anilines is 1. The molecule has 4 nitrogen and oxygen atoms in total. The van der Waals surface area contributed by atoms with Gasteiger partial charge >= 0.3 is 5.97 Å². The number of aryl methyl sites for hydroxylation is 1. The summed E-state index contributed by atoms with van der Waals surface area (Å²) in [5, 5.41) is 9.50. The Bertz CT molecular complexity index is 544. The third-order valence-corrected chi connectivity index (χ3v) is 4.94. The maximum atomic E-state index is 11.6. The highest BCUT2D eigenvalue weighted by Gasteiger charge is 2.34. The van der Waals surface area contributed by atoms with Gasteiger partial charge in [-0.15, -0.1) is 0 Å². The van der Waals surface area contributed by atoms with Gasteiger partial charge in [-0.25, -0.2) is 4.79 Å². The van der Waals surface area contributed by atoms with Gasteiger partial charge < -0.3 is 10.0 Å². The van der Waals surface area contributed by atoms with Crippen molar-refractivity contribution in [2.24, 2.45) is 0 Å². The van der Waals surface area contributed by atoms with Crippen molar-refractivity contribution in [1.29, 1.82) is 0 Å². The average molecular weight is 288 g/mol. The Balaban J connectivity index is 1.94. The van der Waals surface area contributed by atoms with Crippen molar-refractivity contribution in [3.8, 4) is 0 Å². The second-order valence-corrected chi connectivity index (χ2v) is 6.42. The molecule has 0 radical (unpaired) electrons. The largest absolute Gasteiger partial charge is 0.478 e. The number of piperidine rings is 1. The number of carboxylic acids is 1. The average Bonchev–Trinajstić information content (AvgIpc) is 2.46. The van der Waals surface area contributed by atoms with E-state index in [0.717, 1.165) is 24.3 Å². The molecule has 0 amide bonds. The molecule has 2 fully saturated rings. The van der Waals surface area contributed by atoms with Gasteiger partial charge in [-0.2, -0.15) is 0 Å². The molecule has 3 rings (SSSR count). The molecule has 0 bridgehead atoms. The number of aromatic carboxylic acids is 1. The summed E-state index contributed by atoms with van der Waals surface area (Å²) in [7, 11) is 0. The fraction of sp³-hybridized carbons (Fsp3) is 0.588. The minimum absolute atomic E-state index is 0.360. The summed E-state index contributed by atoms with van der Waals surface area (Å²) in [5.41, 5.74) is 2.42. The van der Waals surface area contributed by atoms with E-state index >= 15 is 0 Å². The molecule has 21 heavy (non-hydrogen) atoms. The summed E-state index contributed by atoms with van der Waals surface area (Å²) in [6.45, 7) is 7.41. The third kappa shape index (κ3) is 2.64. The molecule has 4 heteroatoms. The number of hydrogen-bond acceptors (Lipinski definition) is 3. The van der Waals surface area contributed by atoms with Gasteiger partial charge in [0.2, 0.25) is 0 Å². The second-order valence-electron chi connectivity index (χ2n) is 6.42. The Hall–Kier alpha value is -1.55. The Labute approximate surface area is 126 Å². The molecule has 2 heterocycles. The van der Waals surface area contributed by atoms with Gasteiger partial charge in [-0.1, -0.05) is 18.6 Å². The van der Waals surface area contributed by atoms with Crippen LogP contribution in [-0.2, 0) is 0 Å². The highest BCUT2D eigenvalue weighted by atomic mass is 16.4. The number of benzene rings is 1. The minimum atomic E-state index is -0.827. The summed E-state index contributed by atoms with van der Waals surface area (Å²) in [4.78, 5) is 16.5. The number of piperazine rings is 1. The Morgan fingerprint density at radius 3 is 2.86 bits per heavy atom. The first kappa shape index (κ1) is 14.4. The van der Waals surface area contributed by atoms with E-state index in [4.69, 9.17) is 0 Å². The number of carbonyl (C=O) groups is 1. The molecule has 2 atom stereocenters. The molecule has 2 aliphatic rings. The van der Waals surface area contributed by atoms with Crippen molar-refractivity contribution in [3.63, 3.8) is 0 Å². The molecule has 1 aromatic rings. The smallest absolute Gasteiger partial charge is 0.337 e. The summed E-state index contributed by atoms with van der Waals surface area (Å²) < 4.78 is 0. The van der Waals surface area contributed by atoms with Crippen LogP contribution in [0.1, 0.15) is 42.1 Å². The maximum Gasteiger partial charge on any atom is 0.337 e. The number of nitrogens with zero attached hydrogens (tertiary/aromatic N) is 2. The summed E-state index contributed by atoms with van der Waals surface area (Å²) >= 11 is 0. The van der Waals surface area contributed by atoms with Crippen LogP contribution >= 0.6 is 0 Å². The van der Waals surface area contributed by atoms with Gasteiger partial charge in [-0.3, -0.25) is 4.90 Å². The van der Waals surface area contributed by atoms with Crippen LogP contribution in [0.2, 0.25) is 0 Å². The number of hydrogen-bond donors (Lipinski definition) is 1. The SMILES string of the molecule is Cc1cccc(C(=O)O)c1N1CC2CCCCN2CC1C. The van der Waals surface area contributed by atoms with Crippen molar-refractivity contribution < 1.29 is 9.90 Å². The van der Waals surface area contributed by atoms with E-state index in [9.17, 15) is 9.90 Å². The first-order valence-electron chi connectivity index (χ1n) is 7.91. The summed E-state index contributed by atoms with van der Waals surface area (Å²) in [5.74, 6) is -0.827. The van der Waals surface area contributed by atoms with Crippen LogP contribution in [0, 0.1) is 6.92 Å². The second kappa shape index (κ2) is 5.68. The van der Waals surface area contributed by atoms with Crippen LogP contribution in [0.25, 0.3) is 0 Å². The zero-order valence-corrected chi connectivity index (χ0v) is 12.9.